The summed E-state index contributed by atoms with van der Waals surface area (Å²) in [7, 11) is 0. The van der Waals surface area contributed by atoms with Crippen LogP contribution in [0.1, 0.15) is 12.0 Å². The van der Waals surface area contributed by atoms with Crippen LogP contribution >= 0.6 is 0 Å². The molecule has 0 unspecified atom stereocenters. The van der Waals surface area contributed by atoms with Gasteiger partial charge < -0.3 is 19.9 Å². The fourth-order valence-electron chi connectivity index (χ4n) is 4.55. The van der Waals surface area contributed by atoms with Gasteiger partial charge in [-0.25, -0.2) is 5.48 Å². The highest BCUT2D eigenvalue weighted by atomic mass is 19.4. The summed E-state index contributed by atoms with van der Waals surface area (Å²) in [6, 6.07) is 13.5. The molecule has 2 fully saturated rings. The van der Waals surface area contributed by atoms with Crippen molar-refractivity contribution in [2.45, 2.75) is 24.7 Å². The van der Waals surface area contributed by atoms with Crippen LogP contribution in [0.2, 0.25) is 0 Å². The summed E-state index contributed by atoms with van der Waals surface area (Å²) >= 11 is 0. The fourth-order valence-corrected chi connectivity index (χ4v) is 4.55. The lowest BCUT2D eigenvalue weighted by molar-refractivity contribution is -0.145. The molecule has 2 aliphatic heterocycles. The molecule has 2 saturated heterocycles. The maximum Gasteiger partial charge on any atom is 0.416 e. The summed E-state index contributed by atoms with van der Waals surface area (Å²) < 4.78 is 44.7. The van der Waals surface area contributed by atoms with Gasteiger partial charge in [-0.1, -0.05) is 24.3 Å². The third kappa shape index (κ3) is 5.85. The predicted molar refractivity (Wildman–Crippen MR) is 121 cm³/mol. The van der Waals surface area contributed by atoms with E-state index in [2.05, 4.69) is 10.2 Å². The van der Waals surface area contributed by atoms with E-state index in [4.69, 9.17) is 4.74 Å². The number of hydrogen-bond acceptors (Lipinski definition) is 6. The minimum atomic E-state index is -4.51. The van der Waals surface area contributed by atoms with Crippen LogP contribution in [0.15, 0.2) is 54.6 Å². The number of carbonyl (C=O) groups is 2. The summed E-state index contributed by atoms with van der Waals surface area (Å²) in [5.41, 5.74) is 1.83. The SMILES string of the molecule is O=C(NO)[C@H]1C[C@H](Oc2cccc(C(F)(F)F)c2)CN[C@@H]1C(=O)N1CCN(c2ccccc2)CC1. The maximum atomic E-state index is 13.3. The molecule has 3 atom stereocenters. The average molecular weight is 492 g/mol. The Morgan fingerprint density at radius 2 is 1.74 bits per heavy atom. The van der Waals surface area contributed by atoms with Crippen LogP contribution in [0, 0.1) is 5.92 Å². The number of benzene rings is 2. The van der Waals surface area contributed by atoms with E-state index in [1.54, 1.807) is 10.4 Å². The number of hydroxylamine groups is 1. The number of para-hydroxylation sites is 1. The normalized spacial score (nSPS) is 23.0. The zero-order valence-corrected chi connectivity index (χ0v) is 18.9. The number of hydrogen-bond donors (Lipinski definition) is 3. The van der Waals surface area contributed by atoms with E-state index in [9.17, 15) is 28.0 Å². The standard InChI is InChI=1S/C24H27F3N4O4/c25-24(26,27)16-5-4-8-18(13-16)35-19-14-20(22(32)29-34)21(28-15-19)23(33)31-11-9-30(10-12-31)17-6-2-1-3-7-17/h1-8,13,19-21,28,34H,9-12,14-15H2,(H,29,32)/t19-,20-,21-/m0/s1. The van der Waals surface area contributed by atoms with Crippen LogP contribution in [-0.4, -0.2) is 66.8 Å². The van der Waals surface area contributed by atoms with E-state index in [0.29, 0.717) is 26.2 Å². The van der Waals surface area contributed by atoms with Crippen LogP contribution in [0.3, 0.4) is 0 Å². The topological polar surface area (TPSA) is 94.1 Å². The minimum absolute atomic E-state index is 0.0107. The number of anilines is 1. The molecule has 35 heavy (non-hydrogen) atoms. The van der Waals surface area contributed by atoms with E-state index in [0.717, 1.165) is 17.8 Å². The molecule has 0 radical (unpaired) electrons. The summed E-state index contributed by atoms with van der Waals surface area (Å²) in [5, 5.41) is 12.3. The molecule has 2 aliphatic rings. The number of nitrogens with one attached hydrogen (secondary N) is 2. The summed E-state index contributed by atoms with van der Waals surface area (Å²) in [6.45, 7) is 2.39. The molecule has 0 aromatic heterocycles. The van der Waals surface area contributed by atoms with Crippen LogP contribution < -0.4 is 20.4 Å². The first-order chi connectivity index (χ1) is 16.8. The van der Waals surface area contributed by atoms with Gasteiger partial charge in [0, 0.05) is 38.4 Å². The molecule has 4 rings (SSSR count). The smallest absolute Gasteiger partial charge is 0.416 e. The monoisotopic (exact) mass is 492 g/mol. The Kier molecular flexibility index (Phi) is 7.46. The molecule has 3 N–H and O–H groups in total. The first kappa shape index (κ1) is 24.8. The zero-order valence-electron chi connectivity index (χ0n) is 18.9. The van der Waals surface area contributed by atoms with Gasteiger partial charge >= 0.3 is 6.18 Å². The van der Waals surface area contributed by atoms with Crippen LogP contribution in [0.25, 0.3) is 0 Å². The molecule has 0 spiro atoms. The van der Waals surface area contributed by atoms with Crippen molar-refractivity contribution in [3.05, 3.63) is 60.2 Å². The molecule has 2 heterocycles. The molecular weight excluding hydrogens is 465 g/mol. The third-order valence-corrected chi connectivity index (χ3v) is 6.37. The number of piperazine rings is 1. The van der Waals surface area contributed by atoms with Crippen LogP contribution in [-0.2, 0) is 15.8 Å². The van der Waals surface area contributed by atoms with E-state index in [-0.39, 0.29) is 24.6 Å². The highest BCUT2D eigenvalue weighted by Crippen LogP contribution is 2.32. The first-order valence-electron chi connectivity index (χ1n) is 11.4. The van der Waals surface area contributed by atoms with Crippen molar-refractivity contribution < 1.29 is 32.7 Å². The van der Waals surface area contributed by atoms with E-state index < -0.39 is 35.7 Å². The zero-order chi connectivity index (χ0) is 25.0. The third-order valence-electron chi connectivity index (χ3n) is 6.37. The lowest BCUT2D eigenvalue weighted by atomic mass is 9.87. The van der Waals surface area contributed by atoms with Gasteiger partial charge in [0.1, 0.15) is 11.9 Å². The largest absolute Gasteiger partial charge is 0.489 e. The maximum absolute atomic E-state index is 13.3. The van der Waals surface area contributed by atoms with Gasteiger partial charge in [0.25, 0.3) is 0 Å². The van der Waals surface area contributed by atoms with Crippen LogP contribution in [0.4, 0.5) is 18.9 Å². The Morgan fingerprint density at radius 1 is 1.03 bits per heavy atom. The van der Waals surface area contributed by atoms with E-state index in [1.807, 2.05) is 30.3 Å². The Hall–Kier alpha value is -3.31. The van der Waals surface area contributed by atoms with Gasteiger partial charge in [0.15, 0.2) is 0 Å². The van der Waals surface area contributed by atoms with Crippen molar-refractivity contribution in [3.63, 3.8) is 0 Å². The fraction of sp³-hybridized carbons (Fsp3) is 0.417. The lowest BCUT2D eigenvalue weighted by Gasteiger charge is -2.41. The van der Waals surface area contributed by atoms with E-state index in [1.165, 1.54) is 12.1 Å². The molecule has 188 valence electrons. The number of alkyl halides is 3. The van der Waals surface area contributed by atoms with Crippen molar-refractivity contribution in [1.82, 2.24) is 15.7 Å². The van der Waals surface area contributed by atoms with Crippen molar-refractivity contribution >= 4 is 17.5 Å². The highest BCUT2D eigenvalue weighted by Gasteiger charge is 2.42. The molecule has 2 amide bonds. The summed E-state index contributed by atoms with van der Waals surface area (Å²) in [4.78, 5) is 29.5. The van der Waals surface area contributed by atoms with Crippen molar-refractivity contribution in [2.75, 3.05) is 37.6 Å². The second-order valence-corrected chi connectivity index (χ2v) is 8.62. The summed E-state index contributed by atoms with van der Waals surface area (Å²) in [6.07, 6.45) is -5.12. The Bertz CT molecular complexity index is 1030. The number of halogens is 3. The number of nitrogens with zero attached hydrogens (tertiary/aromatic N) is 2. The molecule has 0 aliphatic carbocycles. The number of piperidine rings is 1. The van der Waals surface area contributed by atoms with Crippen molar-refractivity contribution in [2.24, 2.45) is 5.92 Å². The molecule has 0 saturated carbocycles. The van der Waals surface area contributed by atoms with Gasteiger partial charge in [-0.05, 0) is 36.8 Å². The minimum Gasteiger partial charge on any atom is -0.489 e. The number of rotatable bonds is 5. The van der Waals surface area contributed by atoms with Gasteiger partial charge in [0.05, 0.1) is 17.5 Å². The number of carbonyl (C=O) groups excluding carboxylic acids is 2. The van der Waals surface area contributed by atoms with Gasteiger partial charge in [-0.2, -0.15) is 13.2 Å². The average Bonchev–Trinajstić information content (AvgIpc) is 2.88. The predicted octanol–water partition coefficient (Wildman–Crippen LogP) is 2.29. The van der Waals surface area contributed by atoms with E-state index >= 15 is 0 Å². The van der Waals surface area contributed by atoms with Gasteiger partial charge in [0.2, 0.25) is 11.8 Å². The first-order valence-corrected chi connectivity index (χ1v) is 11.4. The van der Waals surface area contributed by atoms with Gasteiger partial charge in [-0.3, -0.25) is 14.8 Å². The quantitative estimate of drug-likeness (QED) is 0.438. The molecule has 2 aromatic rings. The van der Waals surface area contributed by atoms with Gasteiger partial charge in [-0.15, -0.1) is 0 Å². The molecule has 8 nitrogen and oxygen atoms in total. The molecule has 11 heteroatoms. The lowest BCUT2D eigenvalue weighted by Crippen LogP contribution is -2.62. The molecular formula is C24H27F3N4O4. The molecule has 0 bridgehead atoms. The Labute approximate surface area is 200 Å². The Morgan fingerprint density at radius 3 is 2.40 bits per heavy atom. The summed E-state index contributed by atoms with van der Waals surface area (Å²) in [5.74, 6) is -1.96. The number of ether oxygens (including phenoxy) is 1. The number of amides is 2. The second-order valence-electron chi connectivity index (χ2n) is 8.62. The highest BCUT2D eigenvalue weighted by molar-refractivity contribution is 5.90. The Balaban J connectivity index is 1.39. The van der Waals surface area contributed by atoms with Crippen molar-refractivity contribution in [3.8, 4) is 5.75 Å². The van der Waals surface area contributed by atoms with Crippen LogP contribution in [0.5, 0.6) is 5.75 Å². The molecule has 2 aromatic carbocycles. The van der Waals surface area contributed by atoms with Crippen molar-refractivity contribution in [1.29, 1.82) is 0 Å². The second kappa shape index (κ2) is 10.5.